The van der Waals surface area contributed by atoms with Crippen LogP contribution < -0.4 is 5.73 Å². The van der Waals surface area contributed by atoms with Gasteiger partial charge in [0.25, 0.3) is 5.69 Å². The molecule has 0 radical (unpaired) electrons. The van der Waals surface area contributed by atoms with Crippen LogP contribution in [0.3, 0.4) is 0 Å². The number of hydrogen-bond acceptors (Lipinski definition) is 5. The van der Waals surface area contributed by atoms with Crippen LogP contribution >= 0.6 is 0 Å². The fraction of sp³-hybridized carbons (Fsp3) is 0.222. The van der Waals surface area contributed by atoms with Gasteiger partial charge >= 0.3 is 11.9 Å². The van der Waals surface area contributed by atoms with Crippen molar-refractivity contribution in [1.29, 1.82) is 0 Å². The molecule has 0 unspecified atom stereocenters. The van der Waals surface area contributed by atoms with Gasteiger partial charge in [0.05, 0.1) is 16.1 Å². The molecule has 8 nitrogen and oxygen atoms in total. The maximum absolute atomic E-state index is 10.7. The van der Waals surface area contributed by atoms with Crippen LogP contribution in [-0.2, 0) is 0 Å². The second-order valence-electron chi connectivity index (χ2n) is 5.85. The summed E-state index contributed by atoms with van der Waals surface area (Å²) in [6.07, 6.45) is 0. The molecule has 0 aliphatic heterocycles. The number of carboxylic acids is 2. The lowest BCUT2D eigenvalue weighted by molar-refractivity contribution is -0.385. The normalized spacial score (nSPS) is 9.85. The Labute approximate surface area is 150 Å². The standard InChI is InChI=1S/C9H9NO4.C9H11NO2/c1-5-3-7(9(11)12)6(2)8(4-5)10(13)14;1-5-3-7(9(11)12)6(2)8(10)4-5/h3-4H,1-2H3,(H,11,12);3-4H,10H2,1-2H3,(H,11,12). The van der Waals surface area contributed by atoms with Crippen molar-refractivity contribution in [3.63, 3.8) is 0 Å². The number of rotatable bonds is 3. The number of nitro groups is 1. The van der Waals surface area contributed by atoms with Crippen LogP contribution in [0, 0.1) is 37.8 Å². The number of nitrogens with zero attached hydrogens (tertiary/aromatic N) is 1. The zero-order valence-electron chi connectivity index (χ0n) is 14.9. The third kappa shape index (κ3) is 4.79. The van der Waals surface area contributed by atoms with Gasteiger partial charge in [0, 0.05) is 17.3 Å². The number of carbonyl (C=O) groups is 2. The first-order valence-electron chi connectivity index (χ1n) is 7.54. The molecule has 8 heteroatoms. The quantitative estimate of drug-likeness (QED) is 0.431. The number of nitrogen functional groups attached to an aromatic ring is 1. The lowest BCUT2D eigenvalue weighted by Crippen LogP contribution is -2.03. The number of benzene rings is 2. The summed E-state index contributed by atoms with van der Waals surface area (Å²) in [4.78, 5) is 31.4. The van der Waals surface area contributed by atoms with Crippen molar-refractivity contribution in [1.82, 2.24) is 0 Å². The van der Waals surface area contributed by atoms with E-state index in [-0.39, 0.29) is 22.4 Å². The van der Waals surface area contributed by atoms with Crippen molar-refractivity contribution in [2.24, 2.45) is 0 Å². The number of aromatic carboxylic acids is 2. The minimum atomic E-state index is -1.14. The van der Waals surface area contributed by atoms with E-state index in [2.05, 4.69) is 0 Å². The molecule has 0 saturated carbocycles. The number of carboxylic acid groups (broad SMARTS) is 2. The van der Waals surface area contributed by atoms with Gasteiger partial charge in [0.1, 0.15) is 0 Å². The number of aryl methyl sites for hydroxylation is 2. The topological polar surface area (TPSA) is 144 Å². The minimum Gasteiger partial charge on any atom is -0.478 e. The zero-order valence-corrected chi connectivity index (χ0v) is 14.9. The number of nitrogens with two attached hydrogens (primary N) is 1. The van der Waals surface area contributed by atoms with E-state index in [4.69, 9.17) is 15.9 Å². The third-order valence-electron chi connectivity index (χ3n) is 3.77. The van der Waals surface area contributed by atoms with Crippen LogP contribution in [0.2, 0.25) is 0 Å². The van der Waals surface area contributed by atoms with Crippen molar-refractivity contribution in [3.05, 3.63) is 67.8 Å². The maximum Gasteiger partial charge on any atom is 0.336 e. The number of nitro benzene ring substituents is 1. The van der Waals surface area contributed by atoms with E-state index >= 15 is 0 Å². The van der Waals surface area contributed by atoms with Crippen molar-refractivity contribution in [3.8, 4) is 0 Å². The van der Waals surface area contributed by atoms with Gasteiger partial charge in [0.15, 0.2) is 0 Å². The lowest BCUT2D eigenvalue weighted by atomic mass is 10.0. The second-order valence-corrected chi connectivity index (χ2v) is 5.85. The van der Waals surface area contributed by atoms with E-state index in [0.717, 1.165) is 5.56 Å². The third-order valence-corrected chi connectivity index (χ3v) is 3.77. The Morgan fingerprint density at radius 1 is 0.885 bits per heavy atom. The summed E-state index contributed by atoms with van der Waals surface area (Å²) >= 11 is 0. The first-order chi connectivity index (χ1) is 12.0. The highest BCUT2D eigenvalue weighted by Crippen LogP contribution is 2.23. The molecule has 0 aliphatic rings. The van der Waals surface area contributed by atoms with E-state index in [1.165, 1.54) is 19.1 Å². The molecule has 0 spiro atoms. The maximum atomic E-state index is 10.7. The Bertz CT molecular complexity index is 854. The highest BCUT2D eigenvalue weighted by atomic mass is 16.6. The van der Waals surface area contributed by atoms with Gasteiger partial charge in [-0.15, -0.1) is 0 Å². The predicted molar refractivity (Wildman–Crippen MR) is 96.8 cm³/mol. The second kappa shape index (κ2) is 8.11. The molecule has 0 bridgehead atoms. The smallest absolute Gasteiger partial charge is 0.336 e. The molecule has 0 heterocycles. The average molecular weight is 360 g/mol. The Morgan fingerprint density at radius 3 is 1.73 bits per heavy atom. The van der Waals surface area contributed by atoms with Gasteiger partial charge in [-0.3, -0.25) is 10.1 Å². The zero-order chi connectivity index (χ0) is 20.2. The van der Waals surface area contributed by atoms with Crippen LogP contribution in [0.15, 0.2) is 24.3 Å². The van der Waals surface area contributed by atoms with E-state index < -0.39 is 16.9 Å². The van der Waals surface area contributed by atoms with Gasteiger partial charge < -0.3 is 15.9 Å². The molecule has 2 rings (SSSR count). The first kappa shape index (κ1) is 20.6. The monoisotopic (exact) mass is 360 g/mol. The molecule has 2 aromatic carbocycles. The van der Waals surface area contributed by atoms with E-state index in [1.54, 1.807) is 26.0 Å². The number of hydrogen-bond donors (Lipinski definition) is 3. The summed E-state index contributed by atoms with van der Waals surface area (Å²) < 4.78 is 0. The first-order valence-corrected chi connectivity index (χ1v) is 7.54. The summed E-state index contributed by atoms with van der Waals surface area (Å²) in [5.74, 6) is -2.07. The number of anilines is 1. The summed E-state index contributed by atoms with van der Waals surface area (Å²) in [6.45, 7) is 6.58. The van der Waals surface area contributed by atoms with Crippen LogP contribution in [0.4, 0.5) is 11.4 Å². The Kier molecular flexibility index (Phi) is 6.43. The van der Waals surface area contributed by atoms with Crippen LogP contribution in [0.25, 0.3) is 0 Å². The van der Waals surface area contributed by atoms with Crippen molar-refractivity contribution < 1.29 is 24.7 Å². The molecule has 2 aromatic rings. The molecule has 0 atom stereocenters. The Hall–Kier alpha value is -3.42. The molecule has 4 N–H and O–H groups in total. The van der Waals surface area contributed by atoms with Crippen molar-refractivity contribution in [2.45, 2.75) is 27.7 Å². The predicted octanol–water partition coefficient (Wildman–Crippen LogP) is 3.49. The van der Waals surface area contributed by atoms with E-state index in [1.807, 2.05) is 6.92 Å². The van der Waals surface area contributed by atoms with Crippen molar-refractivity contribution >= 4 is 23.3 Å². The van der Waals surface area contributed by atoms with E-state index in [0.29, 0.717) is 16.8 Å². The summed E-state index contributed by atoms with van der Waals surface area (Å²) in [7, 11) is 0. The largest absolute Gasteiger partial charge is 0.478 e. The minimum absolute atomic E-state index is 0.0169. The van der Waals surface area contributed by atoms with Gasteiger partial charge in [-0.25, -0.2) is 9.59 Å². The molecule has 0 fully saturated rings. The van der Waals surface area contributed by atoms with Crippen molar-refractivity contribution in [2.75, 3.05) is 5.73 Å². The molecule has 0 aromatic heterocycles. The van der Waals surface area contributed by atoms with Gasteiger partial charge in [-0.05, 0) is 62.6 Å². The summed E-state index contributed by atoms with van der Waals surface area (Å²) in [5.41, 5.74) is 8.51. The molecule has 0 aliphatic carbocycles. The molecular weight excluding hydrogens is 340 g/mol. The fourth-order valence-electron chi connectivity index (χ4n) is 2.36. The van der Waals surface area contributed by atoms with Gasteiger partial charge in [-0.2, -0.15) is 0 Å². The Morgan fingerprint density at radius 2 is 1.31 bits per heavy atom. The lowest BCUT2D eigenvalue weighted by Gasteiger charge is -2.05. The van der Waals surface area contributed by atoms with Gasteiger partial charge in [0.2, 0.25) is 0 Å². The molecule has 26 heavy (non-hydrogen) atoms. The van der Waals surface area contributed by atoms with E-state index in [9.17, 15) is 19.7 Å². The average Bonchev–Trinajstić information content (AvgIpc) is 2.52. The molecule has 0 saturated heterocycles. The highest BCUT2D eigenvalue weighted by molar-refractivity contribution is 5.91. The van der Waals surface area contributed by atoms with Crippen LogP contribution in [0.1, 0.15) is 43.0 Å². The Balaban J connectivity index is 0.000000263. The molecular formula is C18H20N2O6. The van der Waals surface area contributed by atoms with Crippen LogP contribution in [-0.4, -0.2) is 27.1 Å². The summed E-state index contributed by atoms with van der Waals surface area (Å²) in [5, 5.41) is 28.1. The fourth-order valence-corrected chi connectivity index (χ4v) is 2.36. The highest BCUT2D eigenvalue weighted by Gasteiger charge is 2.18. The molecule has 138 valence electrons. The SMILES string of the molecule is Cc1cc(C(=O)O)c(C)c([N+](=O)[O-])c1.Cc1cc(N)c(C)c(C(=O)O)c1. The van der Waals surface area contributed by atoms with Crippen LogP contribution in [0.5, 0.6) is 0 Å². The van der Waals surface area contributed by atoms with Gasteiger partial charge in [-0.1, -0.05) is 0 Å². The molecule has 0 amide bonds. The summed E-state index contributed by atoms with van der Waals surface area (Å²) in [6, 6.07) is 6.17.